The van der Waals surface area contributed by atoms with Gasteiger partial charge < -0.3 is 10.1 Å². The van der Waals surface area contributed by atoms with Crippen molar-refractivity contribution < 1.29 is 22.7 Å². The number of para-hydroxylation sites is 1. The van der Waals surface area contributed by atoms with Gasteiger partial charge >= 0.3 is 5.97 Å². The third-order valence-electron chi connectivity index (χ3n) is 5.99. The highest BCUT2D eigenvalue weighted by Gasteiger charge is 2.32. The van der Waals surface area contributed by atoms with Gasteiger partial charge in [0.1, 0.15) is 0 Å². The van der Waals surface area contributed by atoms with Crippen molar-refractivity contribution >= 4 is 49.8 Å². The minimum atomic E-state index is -3.15. The molecule has 1 aliphatic heterocycles. The molecular weight excluding hydrogens is 488 g/mol. The van der Waals surface area contributed by atoms with Crippen LogP contribution in [0.3, 0.4) is 0 Å². The summed E-state index contributed by atoms with van der Waals surface area (Å²) in [5, 5.41) is 9.90. The zero-order valence-electron chi connectivity index (χ0n) is 19.0. The molecule has 5 rings (SSSR count). The number of fused-ring (bicyclic) bond motifs is 1. The van der Waals surface area contributed by atoms with Gasteiger partial charge in [0.25, 0.3) is 5.91 Å². The Bertz CT molecular complexity index is 1560. The summed E-state index contributed by atoms with van der Waals surface area (Å²) < 4.78 is 30.8. The molecule has 1 aliphatic rings. The lowest BCUT2D eigenvalue weighted by atomic mass is 10.1. The van der Waals surface area contributed by atoms with Crippen molar-refractivity contribution in [2.45, 2.75) is 19.4 Å². The van der Waals surface area contributed by atoms with E-state index in [4.69, 9.17) is 9.72 Å². The molecule has 35 heavy (non-hydrogen) atoms. The second-order valence-corrected chi connectivity index (χ2v) is 11.5. The van der Waals surface area contributed by atoms with E-state index in [1.165, 1.54) is 18.4 Å². The van der Waals surface area contributed by atoms with Crippen molar-refractivity contribution in [3.05, 3.63) is 64.7 Å². The number of ether oxygens (including phenoxy) is 1. The summed E-state index contributed by atoms with van der Waals surface area (Å²) in [6, 6.07) is 11.8. The fraction of sp³-hybridized carbons (Fsp3) is 0.250. The Labute approximate surface area is 205 Å². The Morgan fingerprint density at radius 2 is 1.97 bits per heavy atom. The van der Waals surface area contributed by atoms with Crippen LogP contribution in [-0.4, -0.2) is 53.7 Å². The Morgan fingerprint density at radius 3 is 2.66 bits per heavy atom. The number of pyridine rings is 1. The van der Waals surface area contributed by atoms with Gasteiger partial charge in [0.2, 0.25) is 0 Å². The van der Waals surface area contributed by atoms with Crippen LogP contribution < -0.4 is 5.32 Å². The molecule has 1 unspecified atom stereocenters. The van der Waals surface area contributed by atoms with Crippen molar-refractivity contribution in [1.29, 1.82) is 0 Å². The Balaban J connectivity index is 1.65. The number of benzene rings is 1. The van der Waals surface area contributed by atoms with E-state index in [9.17, 15) is 18.0 Å². The molecule has 3 aromatic heterocycles. The van der Waals surface area contributed by atoms with Crippen LogP contribution in [0, 0.1) is 6.92 Å². The highest BCUT2D eigenvalue weighted by Crippen LogP contribution is 2.33. The number of amides is 1. The van der Waals surface area contributed by atoms with Gasteiger partial charge in [-0.2, -0.15) is 5.10 Å². The number of thiophene rings is 1. The molecule has 0 radical (unpaired) electrons. The molecule has 0 spiro atoms. The molecule has 180 valence electrons. The molecule has 9 nitrogen and oxygen atoms in total. The number of sulfone groups is 1. The SMILES string of the molecule is COC(=O)c1ccccc1NC(=O)c1cc(-c2cccs2)nc2c1c(C)nn2C1CCS(=O)(=O)C1. The number of hydrogen-bond donors (Lipinski definition) is 1. The van der Waals surface area contributed by atoms with Crippen molar-refractivity contribution in [3.63, 3.8) is 0 Å². The van der Waals surface area contributed by atoms with Gasteiger partial charge in [-0.05, 0) is 43.0 Å². The Kier molecular flexibility index (Phi) is 5.89. The number of carbonyl (C=O) groups excluding carboxylic acids is 2. The fourth-order valence-electron chi connectivity index (χ4n) is 4.34. The lowest BCUT2D eigenvalue weighted by Crippen LogP contribution is -2.17. The van der Waals surface area contributed by atoms with Crippen LogP contribution in [0.2, 0.25) is 0 Å². The van der Waals surface area contributed by atoms with E-state index in [1.54, 1.807) is 41.9 Å². The molecule has 1 saturated heterocycles. The normalized spacial score (nSPS) is 16.9. The zero-order chi connectivity index (χ0) is 24.7. The molecule has 4 heterocycles. The minimum Gasteiger partial charge on any atom is -0.465 e. The largest absolute Gasteiger partial charge is 0.465 e. The molecule has 11 heteroatoms. The summed E-state index contributed by atoms with van der Waals surface area (Å²) in [6.45, 7) is 1.77. The van der Waals surface area contributed by atoms with Crippen LogP contribution >= 0.6 is 11.3 Å². The standard InChI is InChI=1S/C24H22N4O5S2/c1-14-21-17(23(29)26-18-7-4-3-6-16(18)24(30)33-2)12-19(20-8-5-10-34-20)25-22(21)28(27-14)15-9-11-35(31,32)13-15/h3-8,10,12,15H,9,11,13H2,1-2H3,(H,26,29). The van der Waals surface area contributed by atoms with Crippen LogP contribution in [0.5, 0.6) is 0 Å². The van der Waals surface area contributed by atoms with Gasteiger partial charge in [0.15, 0.2) is 15.5 Å². The number of nitrogens with one attached hydrogen (secondary N) is 1. The lowest BCUT2D eigenvalue weighted by Gasteiger charge is -2.13. The first-order valence-corrected chi connectivity index (χ1v) is 13.6. The van der Waals surface area contributed by atoms with Crippen LogP contribution in [0.1, 0.15) is 38.9 Å². The van der Waals surface area contributed by atoms with Crippen molar-refractivity contribution in [2.75, 3.05) is 23.9 Å². The van der Waals surface area contributed by atoms with Gasteiger partial charge in [0.05, 0.1) is 63.1 Å². The number of rotatable bonds is 5. The van der Waals surface area contributed by atoms with E-state index in [1.807, 2.05) is 17.5 Å². The molecule has 0 bridgehead atoms. The van der Waals surface area contributed by atoms with Gasteiger partial charge in [-0.3, -0.25) is 4.79 Å². The number of aromatic nitrogens is 3. The predicted octanol–water partition coefficient (Wildman–Crippen LogP) is 3.87. The van der Waals surface area contributed by atoms with Crippen LogP contribution in [0.15, 0.2) is 47.8 Å². The molecule has 1 amide bonds. The monoisotopic (exact) mass is 510 g/mol. The summed E-state index contributed by atoms with van der Waals surface area (Å²) in [6.07, 6.45) is 0.442. The smallest absolute Gasteiger partial charge is 0.339 e. The number of methoxy groups -OCH3 is 1. The summed E-state index contributed by atoms with van der Waals surface area (Å²) >= 11 is 1.48. The van der Waals surface area contributed by atoms with E-state index < -0.39 is 21.7 Å². The molecule has 1 aromatic carbocycles. The van der Waals surface area contributed by atoms with Crippen molar-refractivity contribution in [2.24, 2.45) is 0 Å². The summed E-state index contributed by atoms with van der Waals surface area (Å²) in [7, 11) is -1.87. The van der Waals surface area contributed by atoms with Gasteiger partial charge in [0, 0.05) is 0 Å². The van der Waals surface area contributed by atoms with E-state index in [0.29, 0.717) is 40.1 Å². The summed E-state index contributed by atoms with van der Waals surface area (Å²) in [5.74, 6) is -0.914. The Morgan fingerprint density at radius 1 is 1.17 bits per heavy atom. The number of aryl methyl sites for hydroxylation is 1. The van der Waals surface area contributed by atoms with Gasteiger partial charge in [-0.15, -0.1) is 11.3 Å². The number of nitrogens with zero attached hydrogens (tertiary/aromatic N) is 3. The van der Waals surface area contributed by atoms with E-state index >= 15 is 0 Å². The maximum Gasteiger partial charge on any atom is 0.339 e. The second kappa shape index (κ2) is 8.90. The number of hydrogen-bond acceptors (Lipinski definition) is 8. The van der Waals surface area contributed by atoms with E-state index in [0.717, 1.165) is 4.88 Å². The second-order valence-electron chi connectivity index (χ2n) is 8.31. The number of anilines is 1. The molecule has 1 atom stereocenters. The lowest BCUT2D eigenvalue weighted by molar-refractivity contribution is 0.0602. The summed E-state index contributed by atoms with van der Waals surface area (Å²) in [5.41, 5.74) is 2.50. The third kappa shape index (κ3) is 4.32. The molecular formula is C24H22N4O5S2. The van der Waals surface area contributed by atoms with Crippen LogP contribution in [0.25, 0.3) is 21.6 Å². The van der Waals surface area contributed by atoms with Crippen molar-refractivity contribution in [1.82, 2.24) is 14.8 Å². The highest BCUT2D eigenvalue weighted by molar-refractivity contribution is 7.91. The van der Waals surface area contributed by atoms with Crippen LogP contribution in [0.4, 0.5) is 5.69 Å². The van der Waals surface area contributed by atoms with E-state index in [2.05, 4.69) is 10.4 Å². The zero-order valence-corrected chi connectivity index (χ0v) is 20.6. The maximum absolute atomic E-state index is 13.6. The van der Waals surface area contributed by atoms with E-state index in [-0.39, 0.29) is 23.1 Å². The minimum absolute atomic E-state index is 0.0117. The highest BCUT2D eigenvalue weighted by atomic mass is 32.2. The number of esters is 1. The van der Waals surface area contributed by atoms with Gasteiger partial charge in [-0.25, -0.2) is 22.9 Å². The first kappa shape index (κ1) is 23.2. The maximum atomic E-state index is 13.6. The van der Waals surface area contributed by atoms with Crippen LogP contribution in [-0.2, 0) is 14.6 Å². The Hall–Kier alpha value is -3.57. The molecule has 4 aromatic rings. The first-order valence-electron chi connectivity index (χ1n) is 10.9. The first-order chi connectivity index (χ1) is 16.8. The predicted molar refractivity (Wildman–Crippen MR) is 134 cm³/mol. The fourth-order valence-corrected chi connectivity index (χ4v) is 6.71. The quantitative estimate of drug-likeness (QED) is 0.405. The average molecular weight is 511 g/mol. The topological polar surface area (TPSA) is 120 Å². The van der Waals surface area contributed by atoms with Crippen molar-refractivity contribution in [3.8, 4) is 10.6 Å². The molecule has 1 N–H and O–H groups in total. The third-order valence-corrected chi connectivity index (χ3v) is 8.63. The average Bonchev–Trinajstić information content (AvgIpc) is 3.57. The molecule has 0 aliphatic carbocycles. The molecule has 1 fully saturated rings. The van der Waals surface area contributed by atoms with Gasteiger partial charge in [-0.1, -0.05) is 18.2 Å². The number of carbonyl (C=O) groups is 2. The molecule has 0 saturated carbocycles. The summed E-state index contributed by atoms with van der Waals surface area (Å²) in [4.78, 5) is 31.4.